The van der Waals surface area contributed by atoms with Gasteiger partial charge in [0.15, 0.2) is 0 Å². The number of hydrogen-bond donors (Lipinski definition) is 1. The van der Waals surface area contributed by atoms with Gasteiger partial charge in [0, 0.05) is 11.8 Å². The summed E-state index contributed by atoms with van der Waals surface area (Å²) in [5.41, 5.74) is 1.41. The maximum Gasteiger partial charge on any atom is 0.412 e. The van der Waals surface area contributed by atoms with Gasteiger partial charge in [0.05, 0.1) is 7.11 Å². The third-order valence-corrected chi connectivity index (χ3v) is 3.07. The zero-order chi connectivity index (χ0) is 14.8. The average molecular weight is 277 g/mol. The van der Waals surface area contributed by atoms with Gasteiger partial charge in [-0.05, 0) is 63.6 Å². The van der Waals surface area contributed by atoms with Crippen molar-refractivity contribution in [3.05, 3.63) is 23.8 Å². The smallest absolute Gasteiger partial charge is 0.412 e. The van der Waals surface area contributed by atoms with Crippen LogP contribution in [0.2, 0.25) is 0 Å². The Kier molecular flexibility index (Phi) is 4.21. The van der Waals surface area contributed by atoms with Crippen LogP contribution in [0.3, 0.4) is 0 Å². The Morgan fingerprint density at radius 3 is 2.55 bits per heavy atom. The van der Waals surface area contributed by atoms with E-state index in [1.54, 1.807) is 13.2 Å². The van der Waals surface area contributed by atoms with Crippen LogP contribution in [0.4, 0.5) is 10.5 Å². The fraction of sp³-hybridized carbons (Fsp3) is 0.562. The maximum atomic E-state index is 11.8. The van der Waals surface area contributed by atoms with E-state index in [1.807, 2.05) is 32.9 Å². The molecule has 1 saturated carbocycles. The van der Waals surface area contributed by atoms with E-state index in [-0.39, 0.29) is 0 Å². The number of amides is 1. The van der Waals surface area contributed by atoms with Gasteiger partial charge in [-0.15, -0.1) is 0 Å². The first-order valence-corrected chi connectivity index (χ1v) is 7.04. The zero-order valence-corrected chi connectivity index (χ0v) is 12.7. The van der Waals surface area contributed by atoms with E-state index in [0.717, 1.165) is 18.1 Å². The largest absolute Gasteiger partial charge is 0.497 e. The van der Waals surface area contributed by atoms with Crippen LogP contribution in [-0.2, 0) is 11.2 Å². The van der Waals surface area contributed by atoms with Crippen LogP contribution in [0.1, 0.15) is 39.2 Å². The van der Waals surface area contributed by atoms with E-state index >= 15 is 0 Å². The molecule has 0 radical (unpaired) electrons. The van der Waals surface area contributed by atoms with Gasteiger partial charge >= 0.3 is 6.09 Å². The molecule has 110 valence electrons. The number of nitrogens with one attached hydrogen (secondary N) is 1. The Hall–Kier alpha value is -1.71. The molecule has 0 heterocycles. The van der Waals surface area contributed by atoms with E-state index in [4.69, 9.17) is 9.47 Å². The van der Waals surface area contributed by atoms with Gasteiger partial charge in [-0.25, -0.2) is 4.79 Å². The second kappa shape index (κ2) is 5.73. The summed E-state index contributed by atoms with van der Waals surface area (Å²) >= 11 is 0. The lowest BCUT2D eigenvalue weighted by Gasteiger charge is -2.20. The van der Waals surface area contributed by atoms with Crippen molar-refractivity contribution in [1.29, 1.82) is 0 Å². The molecule has 1 aromatic rings. The first kappa shape index (κ1) is 14.7. The lowest BCUT2D eigenvalue weighted by molar-refractivity contribution is 0.0636. The number of ether oxygens (including phenoxy) is 2. The van der Waals surface area contributed by atoms with Gasteiger partial charge < -0.3 is 9.47 Å². The molecule has 1 aromatic carbocycles. The van der Waals surface area contributed by atoms with Crippen molar-refractivity contribution in [1.82, 2.24) is 0 Å². The van der Waals surface area contributed by atoms with Crippen LogP contribution in [-0.4, -0.2) is 18.8 Å². The first-order chi connectivity index (χ1) is 9.35. The SMILES string of the molecule is COc1cc(CC2CC2)cc(NC(=O)OC(C)(C)C)c1. The minimum absolute atomic E-state index is 0.442. The van der Waals surface area contributed by atoms with E-state index in [1.165, 1.54) is 18.4 Å². The minimum atomic E-state index is -0.500. The van der Waals surface area contributed by atoms with Crippen molar-refractivity contribution in [2.24, 2.45) is 5.92 Å². The number of carbonyl (C=O) groups excluding carboxylic acids is 1. The number of rotatable bonds is 4. The second-order valence-electron chi connectivity index (χ2n) is 6.34. The molecule has 20 heavy (non-hydrogen) atoms. The summed E-state index contributed by atoms with van der Waals surface area (Å²) in [6, 6.07) is 5.82. The molecule has 0 unspecified atom stereocenters. The van der Waals surface area contributed by atoms with Gasteiger partial charge in [0.1, 0.15) is 11.4 Å². The summed E-state index contributed by atoms with van der Waals surface area (Å²) in [4.78, 5) is 11.8. The van der Waals surface area contributed by atoms with Crippen LogP contribution in [0, 0.1) is 5.92 Å². The predicted octanol–water partition coefficient (Wildman–Crippen LogP) is 3.99. The van der Waals surface area contributed by atoms with E-state index in [2.05, 4.69) is 5.32 Å². The molecule has 1 aliphatic carbocycles. The molecule has 0 spiro atoms. The number of benzene rings is 1. The summed E-state index contributed by atoms with van der Waals surface area (Å²) in [6.07, 6.45) is 3.20. The summed E-state index contributed by atoms with van der Waals surface area (Å²) in [5.74, 6) is 1.55. The van der Waals surface area contributed by atoms with Gasteiger partial charge in [-0.1, -0.05) is 0 Å². The highest BCUT2D eigenvalue weighted by atomic mass is 16.6. The second-order valence-corrected chi connectivity index (χ2v) is 6.34. The molecule has 0 bridgehead atoms. The predicted molar refractivity (Wildman–Crippen MR) is 79.3 cm³/mol. The Morgan fingerprint density at radius 1 is 1.30 bits per heavy atom. The molecule has 2 rings (SSSR count). The molecule has 0 aliphatic heterocycles. The average Bonchev–Trinajstić information content (AvgIpc) is 3.09. The van der Waals surface area contributed by atoms with Crippen molar-refractivity contribution in [2.75, 3.05) is 12.4 Å². The van der Waals surface area contributed by atoms with Crippen LogP contribution >= 0.6 is 0 Å². The highest BCUT2D eigenvalue weighted by molar-refractivity contribution is 5.85. The molecule has 1 fully saturated rings. The van der Waals surface area contributed by atoms with E-state index < -0.39 is 11.7 Å². The van der Waals surface area contributed by atoms with Crippen molar-refractivity contribution >= 4 is 11.8 Å². The molecule has 4 nitrogen and oxygen atoms in total. The van der Waals surface area contributed by atoms with Gasteiger partial charge in [-0.2, -0.15) is 0 Å². The van der Waals surface area contributed by atoms with Crippen LogP contribution in [0.15, 0.2) is 18.2 Å². The molecule has 1 aliphatic rings. The molecular weight excluding hydrogens is 254 g/mol. The normalized spacial score (nSPS) is 14.8. The minimum Gasteiger partial charge on any atom is -0.497 e. The van der Waals surface area contributed by atoms with Gasteiger partial charge in [0.2, 0.25) is 0 Å². The van der Waals surface area contributed by atoms with Crippen LogP contribution in [0.25, 0.3) is 0 Å². The van der Waals surface area contributed by atoms with Crippen molar-refractivity contribution in [3.63, 3.8) is 0 Å². The Labute approximate surface area is 120 Å². The first-order valence-electron chi connectivity index (χ1n) is 7.04. The number of hydrogen-bond acceptors (Lipinski definition) is 3. The molecule has 1 N–H and O–H groups in total. The zero-order valence-electron chi connectivity index (χ0n) is 12.7. The summed E-state index contributed by atoms with van der Waals surface area (Å²) in [6.45, 7) is 5.53. The maximum absolute atomic E-state index is 11.8. The number of carbonyl (C=O) groups is 1. The quantitative estimate of drug-likeness (QED) is 0.905. The lowest BCUT2D eigenvalue weighted by atomic mass is 10.1. The van der Waals surface area contributed by atoms with E-state index in [0.29, 0.717) is 5.69 Å². The fourth-order valence-corrected chi connectivity index (χ4v) is 2.05. The monoisotopic (exact) mass is 277 g/mol. The third kappa shape index (κ3) is 4.76. The highest BCUT2D eigenvalue weighted by Crippen LogP contribution is 2.34. The summed E-state index contributed by atoms with van der Waals surface area (Å²) in [5, 5.41) is 2.77. The van der Waals surface area contributed by atoms with Crippen LogP contribution < -0.4 is 10.1 Å². The highest BCUT2D eigenvalue weighted by Gasteiger charge is 2.22. The molecule has 0 saturated heterocycles. The topological polar surface area (TPSA) is 47.6 Å². The lowest BCUT2D eigenvalue weighted by Crippen LogP contribution is -2.27. The molecule has 1 amide bonds. The Balaban J connectivity index is 2.07. The van der Waals surface area contributed by atoms with E-state index in [9.17, 15) is 4.79 Å². The summed E-state index contributed by atoms with van der Waals surface area (Å²) in [7, 11) is 1.63. The third-order valence-electron chi connectivity index (χ3n) is 3.07. The molecular formula is C16H23NO3. The van der Waals surface area contributed by atoms with Gasteiger partial charge in [0.25, 0.3) is 0 Å². The number of methoxy groups -OCH3 is 1. The van der Waals surface area contributed by atoms with Crippen molar-refractivity contribution in [3.8, 4) is 5.75 Å². The fourth-order valence-electron chi connectivity index (χ4n) is 2.05. The molecule has 0 aromatic heterocycles. The Bertz CT molecular complexity index is 487. The standard InChI is InChI=1S/C16H23NO3/c1-16(2,3)20-15(18)17-13-8-12(7-11-5-6-11)9-14(10-13)19-4/h8-11H,5-7H2,1-4H3,(H,17,18). The summed E-state index contributed by atoms with van der Waals surface area (Å²) < 4.78 is 10.5. The molecule has 4 heteroatoms. The Morgan fingerprint density at radius 2 is 2.00 bits per heavy atom. The molecule has 0 atom stereocenters. The van der Waals surface area contributed by atoms with Gasteiger partial charge in [-0.3, -0.25) is 5.32 Å². The van der Waals surface area contributed by atoms with Crippen molar-refractivity contribution in [2.45, 2.75) is 45.6 Å². The number of anilines is 1. The van der Waals surface area contributed by atoms with Crippen LogP contribution in [0.5, 0.6) is 5.75 Å². The van der Waals surface area contributed by atoms with Crippen molar-refractivity contribution < 1.29 is 14.3 Å².